The Morgan fingerprint density at radius 3 is 2.81 bits per heavy atom. The number of ether oxygens (including phenoxy) is 1. The normalized spacial score (nSPS) is 18.6. The van der Waals surface area contributed by atoms with Crippen molar-refractivity contribution in [3.8, 4) is 0 Å². The van der Waals surface area contributed by atoms with Crippen molar-refractivity contribution in [1.82, 2.24) is 15.3 Å². The molecular weight excluding hydrogens is 268 g/mol. The molecule has 0 saturated carbocycles. The lowest BCUT2D eigenvalue weighted by atomic mass is 10.1. The molecule has 0 radical (unpaired) electrons. The standard InChI is InChI=1S/C15H24N4O2/c1-10-8-12(13(20)19-15(2,3)4)18-14(17-10)16-9-11-6-5-7-21-11/h8,11H,5-7,9H2,1-4H3,(H,19,20)(H,16,17,18). The van der Waals surface area contributed by atoms with Crippen LogP contribution in [0.2, 0.25) is 0 Å². The summed E-state index contributed by atoms with van der Waals surface area (Å²) >= 11 is 0. The van der Waals surface area contributed by atoms with Crippen molar-refractivity contribution in [2.75, 3.05) is 18.5 Å². The summed E-state index contributed by atoms with van der Waals surface area (Å²) in [6.07, 6.45) is 2.36. The molecule has 1 atom stereocenters. The van der Waals surface area contributed by atoms with Crippen molar-refractivity contribution < 1.29 is 9.53 Å². The number of amides is 1. The molecule has 1 saturated heterocycles. The van der Waals surface area contributed by atoms with Crippen LogP contribution < -0.4 is 10.6 Å². The van der Waals surface area contributed by atoms with E-state index in [0.717, 1.165) is 25.1 Å². The van der Waals surface area contributed by atoms with Crippen LogP contribution in [0.3, 0.4) is 0 Å². The summed E-state index contributed by atoms with van der Waals surface area (Å²) in [6, 6.07) is 1.69. The molecule has 6 heteroatoms. The molecule has 0 aliphatic carbocycles. The molecule has 1 unspecified atom stereocenters. The quantitative estimate of drug-likeness (QED) is 0.886. The molecule has 21 heavy (non-hydrogen) atoms. The van der Waals surface area contributed by atoms with Gasteiger partial charge in [0.05, 0.1) is 6.10 Å². The Hall–Kier alpha value is -1.69. The van der Waals surface area contributed by atoms with Crippen LogP contribution in [0.15, 0.2) is 6.07 Å². The third kappa shape index (κ3) is 4.97. The summed E-state index contributed by atoms with van der Waals surface area (Å²) in [6.45, 7) is 9.16. The van der Waals surface area contributed by atoms with Gasteiger partial charge in [-0.15, -0.1) is 0 Å². The first-order valence-electron chi connectivity index (χ1n) is 7.37. The number of nitrogens with zero attached hydrogens (tertiary/aromatic N) is 2. The molecule has 2 heterocycles. The first kappa shape index (κ1) is 15.7. The number of carbonyl (C=O) groups is 1. The van der Waals surface area contributed by atoms with Crippen LogP contribution in [0.25, 0.3) is 0 Å². The Bertz CT molecular complexity index is 505. The third-order valence-corrected chi connectivity index (χ3v) is 3.09. The van der Waals surface area contributed by atoms with E-state index in [0.29, 0.717) is 18.2 Å². The fourth-order valence-corrected chi connectivity index (χ4v) is 2.18. The summed E-state index contributed by atoms with van der Waals surface area (Å²) < 4.78 is 5.55. The van der Waals surface area contributed by atoms with E-state index in [1.54, 1.807) is 6.07 Å². The molecule has 1 fully saturated rings. The highest BCUT2D eigenvalue weighted by molar-refractivity contribution is 5.93. The first-order valence-corrected chi connectivity index (χ1v) is 7.37. The smallest absolute Gasteiger partial charge is 0.270 e. The molecule has 0 aromatic carbocycles. The van der Waals surface area contributed by atoms with Crippen LogP contribution in [-0.2, 0) is 4.74 Å². The highest BCUT2D eigenvalue weighted by Gasteiger charge is 2.19. The topological polar surface area (TPSA) is 76.1 Å². The second-order valence-electron chi connectivity index (χ2n) is 6.44. The zero-order valence-electron chi connectivity index (χ0n) is 13.2. The fourth-order valence-electron chi connectivity index (χ4n) is 2.18. The van der Waals surface area contributed by atoms with E-state index < -0.39 is 0 Å². The van der Waals surface area contributed by atoms with Gasteiger partial charge in [0.2, 0.25) is 5.95 Å². The maximum absolute atomic E-state index is 12.2. The molecule has 0 spiro atoms. The van der Waals surface area contributed by atoms with E-state index in [1.807, 2.05) is 27.7 Å². The number of aromatic nitrogens is 2. The van der Waals surface area contributed by atoms with Crippen LogP contribution >= 0.6 is 0 Å². The molecule has 1 aliphatic rings. The van der Waals surface area contributed by atoms with Gasteiger partial charge in [0.1, 0.15) is 5.69 Å². The minimum Gasteiger partial charge on any atom is -0.376 e. The number of aryl methyl sites for hydroxylation is 1. The molecule has 1 aliphatic heterocycles. The Morgan fingerprint density at radius 1 is 1.43 bits per heavy atom. The Morgan fingerprint density at radius 2 is 2.19 bits per heavy atom. The molecule has 2 N–H and O–H groups in total. The Kier molecular flexibility index (Phi) is 4.77. The average Bonchev–Trinajstić information content (AvgIpc) is 2.86. The van der Waals surface area contributed by atoms with Crippen LogP contribution in [-0.4, -0.2) is 40.7 Å². The SMILES string of the molecule is Cc1cc(C(=O)NC(C)(C)C)nc(NCC2CCCO2)n1. The van der Waals surface area contributed by atoms with Crippen molar-refractivity contribution in [2.24, 2.45) is 0 Å². The van der Waals surface area contributed by atoms with Gasteiger partial charge in [-0.3, -0.25) is 4.79 Å². The number of hydrogen-bond acceptors (Lipinski definition) is 5. The largest absolute Gasteiger partial charge is 0.376 e. The predicted molar refractivity (Wildman–Crippen MR) is 81.5 cm³/mol. The van der Waals surface area contributed by atoms with E-state index in [1.165, 1.54) is 0 Å². The van der Waals surface area contributed by atoms with Gasteiger partial charge < -0.3 is 15.4 Å². The van der Waals surface area contributed by atoms with Crippen LogP contribution in [0.4, 0.5) is 5.95 Å². The van der Waals surface area contributed by atoms with E-state index in [-0.39, 0.29) is 17.6 Å². The molecule has 2 rings (SSSR count). The number of rotatable bonds is 4. The van der Waals surface area contributed by atoms with Crippen molar-refractivity contribution in [2.45, 2.75) is 52.2 Å². The summed E-state index contributed by atoms with van der Waals surface area (Å²) in [4.78, 5) is 20.8. The van der Waals surface area contributed by atoms with Gasteiger partial charge in [-0.1, -0.05) is 0 Å². The molecule has 1 aromatic heterocycles. The van der Waals surface area contributed by atoms with Crippen molar-refractivity contribution in [3.63, 3.8) is 0 Å². The summed E-state index contributed by atoms with van der Waals surface area (Å²) in [7, 11) is 0. The fraction of sp³-hybridized carbons (Fsp3) is 0.667. The second-order valence-corrected chi connectivity index (χ2v) is 6.44. The van der Waals surface area contributed by atoms with Crippen molar-refractivity contribution >= 4 is 11.9 Å². The molecular formula is C15H24N4O2. The lowest BCUT2D eigenvalue weighted by molar-refractivity contribution is 0.0914. The van der Waals surface area contributed by atoms with Gasteiger partial charge in [-0.25, -0.2) is 9.97 Å². The lowest BCUT2D eigenvalue weighted by Crippen LogP contribution is -2.41. The van der Waals surface area contributed by atoms with Gasteiger partial charge in [-0.2, -0.15) is 0 Å². The zero-order chi connectivity index (χ0) is 15.5. The summed E-state index contributed by atoms with van der Waals surface area (Å²) in [5.74, 6) is 0.290. The van der Waals surface area contributed by atoms with Gasteiger partial charge in [0.15, 0.2) is 0 Å². The van der Waals surface area contributed by atoms with Gasteiger partial charge >= 0.3 is 0 Å². The average molecular weight is 292 g/mol. The van der Waals surface area contributed by atoms with E-state index in [2.05, 4.69) is 20.6 Å². The highest BCUT2D eigenvalue weighted by atomic mass is 16.5. The summed E-state index contributed by atoms with van der Waals surface area (Å²) in [5, 5.41) is 6.06. The van der Waals surface area contributed by atoms with Crippen molar-refractivity contribution in [1.29, 1.82) is 0 Å². The third-order valence-electron chi connectivity index (χ3n) is 3.09. The Labute approximate surface area is 125 Å². The van der Waals surface area contributed by atoms with Gasteiger partial charge in [0.25, 0.3) is 5.91 Å². The lowest BCUT2D eigenvalue weighted by Gasteiger charge is -2.20. The minimum atomic E-state index is -0.290. The van der Waals surface area contributed by atoms with Crippen LogP contribution in [0, 0.1) is 6.92 Å². The number of nitrogens with one attached hydrogen (secondary N) is 2. The summed E-state index contributed by atoms with van der Waals surface area (Å²) in [5.41, 5.74) is 0.854. The molecule has 6 nitrogen and oxygen atoms in total. The molecule has 1 amide bonds. The Balaban J connectivity index is 2.03. The number of anilines is 1. The number of carbonyl (C=O) groups excluding carboxylic acids is 1. The molecule has 116 valence electrons. The predicted octanol–water partition coefficient (Wildman–Crippen LogP) is 1.90. The van der Waals surface area contributed by atoms with E-state index in [9.17, 15) is 4.79 Å². The van der Waals surface area contributed by atoms with Gasteiger partial charge in [0, 0.05) is 24.4 Å². The molecule has 0 bridgehead atoms. The first-order chi connectivity index (χ1) is 9.83. The van der Waals surface area contributed by atoms with Crippen LogP contribution in [0.5, 0.6) is 0 Å². The van der Waals surface area contributed by atoms with Crippen molar-refractivity contribution in [3.05, 3.63) is 17.5 Å². The highest BCUT2D eigenvalue weighted by Crippen LogP contribution is 2.13. The maximum atomic E-state index is 12.2. The zero-order valence-corrected chi connectivity index (χ0v) is 13.2. The second kappa shape index (κ2) is 6.39. The monoisotopic (exact) mass is 292 g/mol. The number of hydrogen-bond donors (Lipinski definition) is 2. The van der Waals surface area contributed by atoms with Crippen LogP contribution in [0.1, 0.15) is 49.8 Å². The van der Waals surface area contributed by atoms with E-state index in [4.69, 9.17) is 4.74 Å². The van der Waals surface area contributed by atoms with E-state index >= 15 is 0 Å². The minimum absolute atomic E-state index is 0.187. The van der Waals surface area contributed by atoms with Gasteiger partial charge in [-0.05, 0) is 46.6 Å². The maximum Gasteiger partial charge on any atom is 0.270 e. The molecule has 1 aromatic rings.